The largest absolute Gasteiger partial charge is 0.431 e. The zero-order valence-corrected chi connectivity index (χ0v) is 11.5. The molecule has 6 nitrogen and oxygen atoms in total. The first-order valence-electron chi connectivity index (χ1n) is 5.70. The van der Waals surface area contributed by atoms with Crippen LogP contribution in [0, 0.1) is 6.92 Å². The lowest BCUT2D eigenvalue weighted by atomic mass is 10.2. The number of hydrogen-bond donors (Lipinski definition) is 2. The van der Waals surface area contributed by atoms with Crippen molar-refractivity contribution in [1.82, 2.24) is 10.3 Å². The molecule has 0 amide bonds. The number of nitrogens with zero attached hydrogens (tertiary/aromatic N) is 1. The van der Waals surface area contributed by atoms with Crippen molar-refractivity contribution in [3.05, 3.63) is 41.8 Å². The second-order valence-corrected chi connectivity index (χ2v) is 5.76. The molecule has 102 valence electrons. The number of oxazole rings is 1. The Bertz CT molecular complexity index is 647. The van der Waals surface area contributed by atoms with Crippen LogP contribution in [0.1, 0.15) is 11.3 Å². The van der Waals surface area contributed by atoms with E-state index in [0.717, 1.165) is 5.56 Å². The molecule has 0 aliphatic heterocycles. The van der Waals surface area contributed by atoms with Crippen molar-refractivity contribution >= 4 is 16.0 Å². The summed E-state index contributed by atoms with van der Waals surface area (Å²) in [5.74, 6) is 0. The van der Waals surface area contributed by atoms with E-state index in [-0.39, 0.29) is 10.9 Å². The Kier molecular flexibility index (Phi) is 3.87. The van der Waals surface area contributed by atoms with E-state index in [9.17, 15) is 8.42 Å². The smallest absolute Gasteiger partial charge is 0.309 e. The topological polar surface area (TPSA) is 84.2 Å². The Hall–Kier alpha value is -1.86. The molecule has 0 atom stereocenters. The molecule has 0 bridgehead atoms. The molecule has 2 rings (SSSR count). The number of sulfonamides is 1. The molecule has 0 aliphatic carbocycles. The van der Waals surface area contributed by atoms with E-state index in [0.29, 0.717) is 12.2 Å². The van der Waals surface area contributed by atoms with Crippen molar-refractivity contribution in [3.63, 3.8) is 0 Å². The van der Waals surface area contributed by atoms with E-state index in [1.165, 1.54) is 6.26 Å². The maximum absolute atomic E-state index is 12.1. The number of anilines is 1. The average Bonchev–Trinajstić information content (AvgIpc) is 2.75. The van der Waals surface area contributed by atoms with Crippen LogP contribution in [-0.4, -0.2) is 20.4 Å². The molecule has 19 heavy (non-hydrogen) atoms. The Morgan fingerprint density at radius 3 is 2.47 bits per heavy atom. The van der Waals surface area contributed by atoms with E-state index >= 15 is 0 Å². The maximum atomic E-state index is 12.1. The molecule has 0 unspecified atom stereocenters. The summed E-state index contributed by atoms with van der Waals surface area (Å²) in [6.45, 7) is 2.40. The number of hydrogen-bond acceptors (Lipinski definition) is 5. The van der Waals surface area contributed by atoms with Crippen LogP contribution in [0.4, 0.5) is 6.01 Å². The Morgan fingerprint density at radius 1 is 1.26 bits per heavy atom. The quantitative estimate of drug-likeness (QED) is 0.867. The van der Waals surface area contributed by atoms with E-state index in [1.54, 1.807) is 31.2 Å². The number of aromatic nitrogens is 1. The summed E-state index contributed by atoms with van der Waals surface area (Å²) < 4.78 is 31.4. The molecular weight excluding hydrogens is 266 g/mol. The normalized spacial score (nSPS) is 11.5. The lowest BCUT2D eigenvalue weighted by molar-refractivity contribution is 0.569. The SMILES string of the molecule is CNCc1ccc(S(=O)(=O)Nc2nc(C)co2)cc1. The van der Waals surface area contributed by atoms with Crippen LogP contribution in [0.2, 0.25) is 0 Å². The average molecular weight is 281 g/mol. The zero-order chi connectivity index (χ0) is 13.9. The highest BCUT2D eigenvalue weighted by molar-refractivity contribution is 7.92. The van der Waals surface area contributed by atoms with E-state index in [2.05, 4.69) is 15.0 Å². The van der Waals surface area contributed by atoms with Crippen molar-refractivity contribution in [2.75, 3.05) is 11.8 Å². The van der Waals surface area contributed by atoms with Gasteiger partial charge < -0.3 is 9.73 Å². The van der Waals surface area contributed by atoms with Gasteiger partial charge in [-0.3, -0.25) is 0 Å². The van der Waals surface area contributed by atoms with Gasteiger partial charge in [0.15, 0.2) is 0 Å². The highest BCUT2D eigenvalue weighted by atomic mass is 32.2. The van der Waals surface area contributed by atoms with Crippen molar-refractivity contribution in [2.24, 2.45) is 0 Å². The van der Waals surface area contributed by atoms with Crippen LogP contribution >= 0.6 is 0 Å². The standard InChI is InChI=1S/C12H15N3O3S/c1-9-8-18-12(14-9)15-19(16,17)11-5-3-10(4-6-11)7-13-2/h3-6,8,13H,7H2,1-2H3,(H,14,15). The highest BCUT2D eigenvalue weighted by Gasteiger charge is 2.16. The molecule has 0 radical (unpaired) electrons. The van der Waals surface area contributed by atoms with Crippen LogP contribution in [-0.2, 0) is 16.6 Å². The fraction of sp³-hybridized carbons (Fsp3) is 0.250. The molecule has 1 aromatic heterocycles. The van der Waals surface area contributed by atoms with E-state index in [1.807, 2.05) is 7.05 Å². The lowest BCUT2D eigenvalue weighted by Crippen LogP contribution is -2.13. The van der Waals surface area contributed by atoms with Gasteiger partial charge in [0.2, 0.25) is 0 Å². The number of aryl methyl sites for hydroxylation is 1. The Balaban J connectivity index is 2.19. The molecule has 2 N–H and O–H groups in total. The summed E-state index contributed by atoms with van der Waals surface area (Å²) in [6.07, 6.45) is 1.38. The van der Waals surface area contributed by atoms with Gasteiger partial charge in [-0.2, -0.15) is 4.98 Å². The second-order valence-electron chi connectivity index (χ2n) is 4.07. The number of rotatable bonds is 5. The van der Waals surface area contributed by atoms with Crippen LogP contribution in [0.25, 0.3) is 0 Å². The van der Waals surface area contributed by atoms with Gasteiger partial charge in [0.1, 0.15) is 6.26 Å². The monoisotopic (exact) mass is 281 g/mol. The van der Waals surface area contributed by atoms with Gasteiger partial charge in [-0.05, 0) is 31.7 Å². The molecule has 2 aromatic rings. The predicted molar refractivity (Wildman–Crippen MR) is 71.3 cm³/mol. The van der Waals surface area contributed by atoms with Gasteiger partial charge in [-0.15, -0.1) is 0 Å². The van der Waals surface area contributed by atoms with Crippen molar-refractivity contribution in [1.29, 1.82) is 0 Å². The molecule has 7 heteroatoms. The summed E-state index contributed by atoms with van der Waals surface area (Å²) >= 11 is 0. The van der Waals surface area contributed by atoms with Gasteiger partial charge in [-0.1, -0.05) is 12.1 Å². The van der Waals surface area contributed by atoms with Gasteiger partial charge in [0, 0.05) is 6.54 Å². The first kappa shape index (κ1) is 13.6. The number of benzene rings is 1. The van der Waals surface area contributed by atoms with Gasteiger partial charge >= 0.3 is 6.01 Å². The fourth-order valence-corrected chi connectivity index (χ4v) is 2.50. The molecule has 0 saturated heterocycles. The minimum atomic E-state index is -3.66. The third-order valence-corrected chi connectivity index (χ3v) is 3.79. The Labute approximate surface area is 111 Å². The first-order chi connectivity index (χ1) is 9.01. The maximum Gasteiger partial charge on any atom is 0.309 e. The van der Waals surface area contributed by atoms with Crippen molar-refractivity contribution in [3.8, 4) is 0 Å². The molecule has 0 aliphatic rings. The summed E-state index contributed by atoms with van der Waals surface area (Å²) in [6, 6.07) is 6.57. The van der Waals surface area contributed by atoms with E-state index in [4.69, 9.17) is 4.42 Å². The second kappa shape index (κ2) is 5.41. The van der Waals surface area contributed by atoms with Crippen molar-refractivity contribution in [2.45, 2.75) is 18.4 Å². The third kappa shape index (κ3) is 3.33. The number of nitrogens with one attached hydrogen (secondary N) is 2. The predicted octanol–water partition coefficient (Wildman–Crippen LogP) is 1.50. The highest BCUT2D eigenvalue weighted by Crippen LogP contribution is 2.16. The van der Waals surface area contributed by atoms with Gasteiger partial charge in [-0.25, -0.2) is 13.1 Å². The zero-order valence-electron chi connectivity index (χ0n) is 10.7. The molecule has 1 aromatic carbocycles. The van der Waals surface area contributed by atoms with Crippen LogP contribution < -0.4 is 10.0 Å². The Morgan fingerprint density at radius 2 is 1.95 bits per heavy atom. The van der Waals surface area contributed by atoms with Crippen LogP contribution in [0.5, 0.6) is 0 Å². The lowest BCUT2D eigenvalue weighted by Gasteiger charge is -2.05. The molecular formula is C12H15N3O3S. The fourth-order valence-electron chi connectivity index (χ4n) is 1.57. The summed E-state index contributed by atoms with van der Waals surface area (Å²) in [4.78, 5) is 4.07. The molecule has 0 saturated carbocycles. The molecule has 0 spiro atoms. The third-order valence-electron chi connectivity index (χ3n) is 2.46. The van der Waals surface area contributed by atoms with Crippen LogP contribution in [0.3, 0.4) is 0 Å². The van der Waals surface area contributed by atoms with Crippen molar-refractivity contribution < 1.29 is 12.8 Å². The molecule has 1 heterocycles. The van der Waals surface area contributed by atoms with Gasteiger partial charge in [0.25, 0.3) is 10.0 Å². The van der Waals surface area contributed by atoms with Crippen LogP contribution in [0.15, 0.2) is 39.8 Å². The first-order valence-corrected chi connectivity index (χ1v) is 7.18. The van der Waals surface area contributed by atoms with Gasteiger partial charge in [0.05, 0.1) is 10.6 Å². The van der Waals surface area contributed by atoms with E-state index < -0.39 is 10.0 Å². The summed E-state index contributed by atoms with van der Waals surface area (Å²) in [5, 5.41) is 2.99. The summed E-state index contributed by atoms with van der Waals surface area (Å²) in [5.41, 5.74) is 1.62. The minimum Gasteiger partial charge on any atom is -0.431 e. The summed E-state index contributed by atoms with van der Waals surface area (Å²) in [7, 11) is -1.83. The molecule has 0 fully saturated rings. The minimum absolute atomic E-state index is 0.0307.